The van der Waals surface area contributed by atoms with Gasteiger partial charge in [-0.2, -0.15) is 4.98 Å². The van der Waals surface area contributed by atoms with Gasteiger partial charge in [-0.05, 0) is 43.5 Å². The van der Waals surface area contributed by atoms with Crippen LogP contribution in [-0.2, 0) is 0 Å². The van der Waals surface area contributed by atoms with Crippen molar-refractivity contribution >= 4 is 23.2 Å². The Hall–Kier alpha value is -2.27. The second-order valence-electron chi connectivity index (χ2n) is 6.11. The highest BCUT2D eigenvalue weighted by atomic mass is 35.5. The van der Waals surface area contributed by atoms with Gasteiger partial charge in [-0.1, -0.05) is 11.6 Å². The van der Waals surface area contributed by atoms with Crippen molar-refractivity contribution < 1.29 is 4.74 Å². The first-order valence-corrected chi connectivity index (χ1v) is 8.49. The first kappa shape index (κ1) is 15.3. The van der Waals surface area contributed by atoms with Gasteiger partial charge in [-0.3, -0.25) is 4.40 Å². The fourth-order valence-electron chi connectivity index (χ4n) is 3.20. The molecule has 6 heteroatoms. The van der Waals surface area contributed by atoms with E-state index in [1.807, 2.05) is 35.9 Å². The van der Waals surface area contributed by atoms with Crippen molar-refractivity contribution in [2.75, 3.05) is 25.1 Å². The molecule has 2 aromatic heterocycles. The van der Waals surface area contributed by atoms with Crippen LogP contribution in [-0.4, -0.2) is 34.6 Å². The molecule has 5 nitrogen and oxygen atoms in total. The summed E-state index contributed by atoms with van der Waals surface area (Å²) in [6, 6.07) is 5.89. The van der Waals surface area contributed by atoms with Crippen LogP contribution in [0.3, 0.4) is 0 Å². The Labute approximate surface area is 145 Å². The monoisotopic (exact) mass is 342 g/mol. The molecule has 3 aromatic rings. The number of rotatable bonds is 3. The number of hydrogen-bond donors (Lipinski definition) is 0. The number of aromatic nitrogens is 3. The molecule has 0 radical (unpaired) electrons. The molecule has 1 aliphatic heterocycles. The van der Waals surface area contributed by atoms with Crippen LogP contribution in [0.15, 0.2) is 30.6 Å². The first-order chi connectivity index (χ1) is 11.7. The lowest BCUT2D eigenvalue weighted by molar-refractivity contribution is 0.415. The van der Waals surface area contributed by atoms with Gasteiger partial charge < -0.3 is 9.64 Å². The largest absolute Gasteiger partial charge is 0.495 e. The molecule has 3 heterocycles. The molecule has 0 atom stereocenters. The fraction of sp³-hybridized carbons (Fsp3) is 0.333. The Morgan fingerprint density at radius 2 is 1.96 bits per heavy atom. The summed E-state index contributed by atoms with van der Waals surface area (Å²) < 4.78 is 7.22. The van der Waals surface area contributed by atoms with Crippen LogP contribution in [0, 0.1) is 6.92 Å². The Morgan fingerprint density at radius 3 is 2.71 bits per heavy atom. The van der Waals surface area contributed by atoms with Gasteiger partial charge in [0.15, 0.2) is 0 Å². The normalized spacial score (nSPS) is 14.5. The summed E-state index contributed by atoms with van der Waals surface area (Å²) in [6.45, 7) is 4.18. The molecule has 1 fully saturated rings. The third-order valence-corrected chi connectivity index (χ3v) is 4.81. The topological polar surface area (TPSA) is 42.7 Å². The van der Waals surface area contributed by atoms with E-state index in [1.54, 1.807) is 7.11 Å². The van der Waals surface area contributed by atoms with Crippen molar-refractivity contribution in [2.45, 2.75) is 19.8 Å². The molecular weight excluding hydrogens is 324 g/mol. The van der Waals surface area contributed by atoms with E-state index in [-0.39, 0.29) is 0 Å². The summed E-state index contributed by atoms with van der Waals surface area (Å²) in [5.41, 5.74) is 2.93. The lowest BCUT2D eigenvalue weighted by Gasteiger charge is -2.15. The maximum atomic E-state index is 6.28. The minimum absolute atomic E-state index is 0.584. The Morgan fingerprint density at radius 1 is 1.17 bits per heavy atom. The van der Waals surface area contributed by atoms with Crippen LogP contribution < -0.4 is 9.64 Å². The molecule has 0 spiro atoms. The van der Waals surface area contributed by atoms with E-state index in [0.29, 0.717) is 16.5 Å². The van der Waals surface area contributed by atoms with Crippen molar-refractivity contribution in [1.29, 1.82) is 0 Å². The highest BCUT2D eigenvalue weighted by Gasteiger charge is 2.16. The number of imidazole rings is 1. The minimum atomic E-state index is 0.584. The van der Waals surface area contributed by atoms with Gasteiger partial charge in [0.2, 0.25) is 5.78 Å². The van der Waals surface area contributed by atoms with Crippen LogP contribution in [0.4, 0.5) is 5.82 Å². The molecule has 124 valence electrons. The maximum absolute atomic E-state index is 6.28. The zero-order valence-electron chi connectivity index (χ0n) is 13.8. The van der Waals surface area contributed by atoms with Crippen LogP contribution >= 0.6 is 11.6 Å². The van der Waals surface area contributed by atoms with E-state index in [4.69, 9.17) is 26.3 Å². The summed E-state index contributed by atoms with van der Waals surface area (Å²) >= 11 is 6.28. The SMILES string of the molecule is COc1cc(C)c(-c2cn3ccc(N4CCCC4)nc3n2)cc1Cl. The molecule has 1 aliphatic rings. The summed E-state index contributed by atoms with van der Waals surface area (Å²) in [5, 5.41) is 0.584. The standard InChI is InChI=1S/C18H19ClN4O/c1-12-9-16(24-2)14(19)10-13(12)15-11-23-8-5-17(21-18(23)20-15)22-6-3-4-7-22/h5,8-11H,3-4,6-7H2,1-2H3. The number of ether oxygens (including phenoxy) is 1. The summed E-state index contributed by atoms with van der Waals surface area (Å²) in [4.78, 5) is 11.7. The van der Waals surface area contributed by atoms with Crippen molar-refractivity contribution in [2.24, 2.45) is 0 Å². The highest BCUT2D eigenvalue weighted by molar-refractivity contribution is 6.32. The molecule has 0 unspecified atom stereocenters. The third kappa shape index (κ3) is 2.59. The van der Waals surface area contributed by atoms with Crippen molar-refractivity contribution in [3.05, 3.63) is 41.2 Å². The van der Waals surface area contributed by atoms with E-state index in [1.165, 1.54) is 12.8 Å². The Balaban J connectivity index is 1.76. The quantitative estimate of drug-likeness (QED) is 0.722. The molecule has 0 saturated carbocycles. The summed E-state index contributed by atoms with van der Waals surface area (Å²) in [6.07, 6.45) is 6.47. The van der Waals surface area contributed by atoms with E-state index in [9.17, 15) is 0 Å². The second-order valence-corrected chi connectivity index (χ2v) is 6.52. The number of fused-ring (bicyclic) bond motifs is 1. The average molecular weight is 343 g/mol. The minimum Gasteiger partial charge on any atom is -0.495 e. The van der Waals surface area contributed by atoms with Gasteiger partial charge in [-0.15, -0.1) is 0 Å². The lowest BCUT2D eigenvalue weighted by Crippen LogP contribution is -2.19. The van der Waals surface area contributed by atoms with E-state index in [0.717, 1.165) is 35.7 Å². The number of nitrogens with zero attached hydrogens (tertiary/aromatic N) is 4. The average Bonchev–Trinajstić information content (AvgIpc) is 3.24. The molecule has 0 aliphatic carbocycles. The van der Waals surface area contributed by atoms with Gasteiger partial charge in [0.1, 0.15) is 11.6 Å². The number of hydrogen-bond acceptors (Lipinski definition) is 4. The molecule has 24 heavy (non-hydrogen) atoms. The van der Waals surface area contributed by atoms with Crippen molar-refractivity contribution in [1.82, 2.24) is 14.4 Å². The number of aryl methyl sites for hydroxylation is 1. The molecule has 1 saturated heterocycles. The number of benzene rings is 1. The lowest BCUT2D eigenvalue weighted by atomic mass is 10.1. The Kier molecular flexibility index (Phi) is 3.81. The molecule has 0 amide bonds. The van der Waals surface area contributed by atoms with Crippen LogP contribution in [0.1, 0.15) is 18.4 Å². The smallest absolute Gasteiger partial charge is 0.236 e. The van der Waals surface area contributed by atoms with Gasteiger partial charge in [0.25, 0.3) is 0 Å². The highest BCUT2D eigenvalue weighted by Crippen LogP contribution is 2.33. The maximum Gasteiger partial charge on any atom is 0.236 e. The number of methoxy groups -OCH3 is 1. The van der Waals surface area contributed by atoms with Crippen molar-refractivity contribution in [3.63, 3.8) is 0 Å². The zero-order valence-corrected chi connectivity index (χ0v) is 14.5. The van der Waals surface area contributed by atoms with E-state index >= 15 is 0 Å². The van der Waals surface area contributed by atoms with E-state index in [2.05, 4.69) is 11.0 Å². The Bertz CT molecular complexity index is 899. The molecular formula is C18H19ClN4O. The van der Waals surface area contributed by atoms with Crippen LogP contribution in [0.25, 0.3) is 17.0 Å². The van der Waals surface area contributed by atoms with Crippen molar-refractivity contribution in [3.8, 4) is 17.0 Å². The first-order valence-electron chi connectivity index (χ1n) is 8.11. The summed E-state index contributed by atoms with van der Waals surface area (Å²) in [7, 11) is 1.62. The second kappa shape index (κ2) is 5.98. The zero-order chi connectivity index (χ0) is 16.7. The number of halogens is 1. The number of anilines is 1. The molecule has 4 rings (SSSR count). The van der Waals surface area contributed by atoms with Gasteiger partial charge in [-0.25, -0.2) is 4.98 Å². The van der Waals surface area contributed by atoms with Crippen LogP contribution in [0.2, 0.25) is 5.02 Å². The van der Waals surface area contributed by atoms with Gasteiger partial charge in [0, 0.05) is 31.0 Å². The van der Waals surface area contributed by atoms with Crippen LogP contribution in [0.5, 0.6) is 5.75 Å². The van der Waals surface area contributed by atoms with Gasteiger partial charge in [0.05, 0.1) is 17.8 Å². The predicted octanol–water partition coefficient (Wildman–Crippen LogP) is 3.97. The molecule has 0 bridgehead atoms. The van der Waals surface area contributed by atoms with E-state index < -0.39 is 0 Å². The predicted molar refractivity (Wildman–Crippen MR) is 96.2 cm³/mol. The fourth-order valence-corrected chi connectivity index (χ4v) is 3.44. The summed E-state index contributed by atoms with van der Waals surface area (Å²) in [5.74, 6) is 2.39. The molecule has 0 N–H and O–H groups in total. The third-order valence-electron chi connectivity index (χ3n) is 4.52. The molecule has 1 aromatic carbocycles. The van der Waals surface area contributed by atoms with Gasteiger partial charge >= 0.3 is 0 Å².